The number of fused-ring (bicyclic) bond motifs is 1. The zero-order valence-corrected chi connectivity index (χ0v) is 12.4. The van der Waals surface area contributed by atoms with E-state index < -0.39 is 0 Å². The zero-order chi connectivity index (χ0) is 13.7. The van der Waals surface area contributed by atoms with Crippen molar-refractivity contribution in [2.75, 3.05) is 6.54 Å². The maximum absolute atomic E-state index is 9.40. The number of nitrogens with one attached hydrogen (secondary N) is 1. The van der Waals surface area contributed by atoms with Crippen LogP contribution in [0.15, 0.2) is 12.4 Å². The fourth-order valence-corrected chi connectivity index (χ4v) is 2.91. The molecule has 2 unspecified atom stereocenters. The second-order valence-corrected chi connectivity index (χ2v) is 5.87. The lowest BCUT2D eigenvalue weighted by molar-refractivity contribution is 0.178. The van der Waals surface area contributed by atoms with Gasteiger partial charge in [0.05, 0.1) is 6.10 Å². The summed E-state index contributed by atoms with van der Waals surface area (Å²) in [5, 5.41) is 13.1. The highest BCUT2D eigenvalue weighted by Gasteiger charge is 2.19. The molecule has 3 nitrogen and oxygen atoms in total. The van der Waals surface area contributed by atoms with Gasteiger partial charge in [-0.1, -0.05) is 13.3 Å². The Hall–Kier alpha value is -0.800. The van der Waals surface area contributed by atoms with Crippen LogP contribution in [0.25, 0.3) is 0 Å². The molecule has 1 aromatic heterocycles. The Morgan fingerprint density at radius 2 is 2.26 bits per heavy atom. The van der Waals surface area contributed by atoms with Crippen LogP contribution in [-0.4, -0.2) is 22.3 Å². The molecule has 1 aromatic rings. The van der Waals surface area contributed by atoms with E-state index in [-0.39, 0.29) is 6.10 Å². The van der Waals surface area contributed by atoms with Crippen molar-refractivity contribution in [2.45, 2.75) is 71.1 Å². The minimum atomic E-state index is -0.212. The molecule has 2 atom stereocenters. The van der Waals surface area contributed by atoms with Crippen molar-refractivity contribution in [1.29, 1.82) is 0 Å². The summed E-state index contributed by atoms with van der Waals surface area (Å²) in [5.41, 5.74) is 3.01. The number of rotatable bonds is 6. The maximum Gasteiger partial charge on any atom is 0.0529 e. The van der Waals surface area contributed by atoms with E-state index in [1.165, 1.54) is 43.2 Å². The molecule has 19 heavy (non-hydrogen) atoms. The maximum atomic E-state index is 9.40. The third-order valence-corrected chi connectivity index (χ3v) is 4.01. The largest absolute Gasteiger partial charge is 0.393 e. The summed E-state index contributed by atoms with van der Waals surface area (Å²) in [4.78, 5) is 0. The van der Waals surface area contributed by atoms with Gasteiger partial charge in [0.1, 0.15) is 0 Å². The van der Waals surface area contributed by atoms with Crippen LogP contribution in [0.2, 0.25) is 0 Å². The van der Waals surface area contributed by atoms with Crippen LogP contribution in [0.5, 0.6) is 0 Å². The van der Waals surface area contributed by atoms with E-state index in [1.54, 1.807) is 0 Å². The van der Waals surface area contributed by atoms with Crippen molar-refractivity contribution >= 4 is 0 Å². The first-order valence-corrected chi connectivity index (χ1v) is 7.80. The molecule has 0 bridgehead atoms. The van der Waals surface area contributed by atoms with Gasteiger partial charge in [0.15, 0.2) is 0 Å². The average molecular weight is 264 g/mol. The summed E-state index contributed by atoms with van der Waals surface area (Å²) < 4.78 is 2.27. The van der Waals surface area contributed by atoms with Crippen LogP contribution in [0.3, 0.4) is 0 Å². The SMILES string of the molecule is CCCNC1CCCCc2cn(CCC(C)O)cc21. The van der Waals surface area contributed by atoms with E-state index in [0.717, 1.165) is 19.5 Å². The second-order valence-electron chi connectivity index (χ2n) is 5.87. The number of hydrogen-bond acceptors (Lipinski definition) is 2. The molecule has 1 heterocycles. The van der Waals surface area contributed by atoms with Gasteiger partial charge in [-0.05, 0) is 56.7 Å². The summed E-state index contributed by atoms with van der Waals surface area (Å²) in [5.74, 6) is 0. The van der Waals surface area contributed by atoms with E-state index >= 15 is 0 Å². The first kappa shape index (κ1) is 14.6. The van der Waals surface area contributed by atoms with Crippen molar-refractivity contribution < 1.29 is 5.11 Å². The van der Waals surface area contributed by atoms with Crippen molar-refractivity contribution in [2.24, 2.45) is 0 Å². The van der Waals surface area contributed by atoms with Gasteiger partial charge in [-0.25, -0.2) is 0 Å². The molecule has 0 fully saturated rings. The van der Waals surface area contributed by atoms with Gasteiger partial charge in [0, 0.05) is 25.0 Å². The molecule has 3 heteroatoms. The molecule has 0 aromatic carbocycles. The molecule has 2 rings (SSSR count). The molecule has 2 N–H and O–H groups in total. The normalized spacial score (nSPS) is 20.9. The topological polar surface area (TPSA) is 37.2 Å². The predicted octanol–water partition coefficient (Wildman–Crippen LogP) is 3.03. The van der Waals surface area contributed by atoms with Crippen LogP contribution < -0.4 is 5.32 Å². The zero-order valence-electron chi connectivity index (χ0n) is 12.4. The standard InChI is InChI=1S/C16H28N2O/c1-3-9-17-16-7-5-4-6-14-11-18(12-15(14)16)10-8-13(2)19/h11-13,16-17,19H,3-10H2,1-2H3. The third-order valence-electron chi connectivity index (χ3n) is 4.01. The first-order chi connectivity index (χ1) is 9.20. The van der Waals surface area contributed by atoms with Crippen molar-refractivity contribution in [1.82, 2.24) is 9.88 Å². The van der Waals surface area contributed by atoms with Crippen LogP contribution >= 0.6 is 0 Å². The van der Waals surface area contributed by atoms with Gasteiger partial charge < -0.3 is 15.0 Å². The molecular weight excluding hydrogens is 236 g/mol. The van der Waals surface area contributed by atoms with Gasteiger partial charge in [0.25, 0.3) is 0 Å². The number of nitrogens with zero attached hydrogens (tertiary/aromatic N) is 1. The third kappa shape index (κ3) is 4.08. The molecule has 0 aliphatic heterocycles. The second kappa shape index (κ2) is 7.11. The van der Waals surface area contributed by atoms with Gasteiger partial charge in [0.2, 0.25) is 0 Å². The molecule has 0 saturated carbocycles. The van der Waals surface area contributed by atoms with Crippen LogP contribution in [0.4, 0.5) is 0 Å². The molecule has 0 spiro atoms. The molecular formula is C16H28N2O. The van der Waals surface area contributed by atoms with Gasteiger partial charge in [-0.2, -0.15) is 0 Å². The molecule has 108 valence electrons. The predicted molar refractivity (Wildman–Crippen MR) is 79.3 cm³/mol. The van der Waals surface area contributed by atoms with E-state index in [1.807, 2.05) is 6.92 Å². The Labute approximate surface area is 117 Å². The van der Waals surface area contributed by atoms with Gasteiger partial charge in [-0.3, -0.25) is 0 Å². The quantitative estimate of drug-likeness (QED) is 0.775. The minimum absolute atomic E-state index is 0.212. The van der Waals surface area contributed by atoms with Gasteiger partial charge in [-0.15, -0.1) is 0 Å². The van der Waals surface area contributed by atoms with E-state index in [9.17, 15) is 5.11 Å². The van der Waals surface area contributed by atoms with Gasteiger partial charge >= 0.3 is 0 Å². The minimum Gasteiger partial charge on any atom is -0.393 e. The molecule has 1 aliphatic rings. The van der Waals surface area contributed by atoms with Crippen LogP contribution in [-0.2, 0) is 13.0 Å². The highest BCUT2D eigenvalue weighted by molar-refractivity contribution is 5.29. The van der Waals surface area contributed by atoms with Crippen molar-refractivity contribution in [3.05, 3.63) is 23.5 Å². The number of aliphatic hydroxyl groups is 1. The molecule has 0 saturated heterocycles. The Bertz CT molecular complexity index is 384. The Morgan fingerprint density at radius 1 is 1.42 bits per heavy atom. The van der Waals surface area contributed by atoms with E-state index in [4.69, 9.17) is 0 Å². The monoisotopic (exact) mass is 264 g/mol. The lowest BCUT2D eigenvalue weighted by Gasteiger charge is -2.16. The Morgan fingerprint density at radius 3 is 3.00 bits per heavy atom. The Balaban J connectivity index is 2.08. The number of hydrogen-bond donors (Lipinski definition) is 2. The lowest BCUT2D eigenvalue weighted by Crippen LogP contribution is -2.21. The highest BCUT2D eigenvalue weighted by atomic mass is 16.3. The fourth-order valence-electron chi connectivity index (χ4n) is 2.91. The first-order valence-electron chi connectivity index (χ1n) is 7.80. The molecule has 0 radical (unpaired) electrons. The average Bonchev–Trinajstić information content (AvgIpc) is 2.70. The number of aryl methyl sites for hydroxylation is 2. The summed E-state index contributed by atoms with van der Waals surface area (Å²) in [6.07, 6.45) is 11.5. The molecule has 0 amide bonds. The van der Waals surface area contributed by atoms with Crippen molar-refractivity contribution in [3.63, 3.8) is 0 Å². The van der Waals surface area contributed by atoms with Crippen molar-refractivity contribution in [3.8, 4) is 0 Å². The van der Waals surface area contributed by atoms with Crippen LogP contribution in [0.1, 0.15) is 63.1 Å². The van der Waals surface area contributed by atoms with E-state index in [0.29, 0.717) is 6.04 Å². The summed E-state index contributed by atoms with van der Waals surface area (Å²) in [6, 6.07) is 0.533. The number of aromatic nitrogens is 1. The summed E-state index contributed by atoms with van der Waals surface area (Å²) in [7, 11) is 0. The van der Waals surface area contributed by atoms with Crippen LogP contribution in [0, 0.1) is 0 Å². The fraction of sp³-hybridized carbons (Fsp3) is 0.750. The molecule has 1 aliphatic carbocycles. The number of aliphatic hydroxyl groups excluding tert-OH is 1. The smallest absolute Gasteiger partial charge is 0.0529 e. The lowest BCUT2D eigenvalue weighted by atomic mass is 10.0. The summed E-state index contributed by atoms with van der Waals surface area (Å²) >= 11 is 0. The highest BCUT2D eigenvalue weighted by Crippen LogP contribution is 2.29. The summed E-state index contributed by atoms with van der Waals surface area (Å²) in [6.45, 7) is 6.10. The van der Waals surface area contributed by atoms with E-state index in [2.05, 4.69) is 29.2 Å². The Kier molecular flexibility index (Phi) is 5.46.